The van der Waals surface area contributed by atoms with Crippen molar-refractivity contribution in [1.29, 1.82) is 0 Å². The van der Waals surface area contributed by atoms with E-state index in [1.807, 2.05) is 25.2 Å². The first kappa shape index (κ1) is 24.7. The van der Waals surface area contributed by atoms with E-state index in [1.165, 1.54) is 11.1 Å². The number of hydrogen-bond donors (Lipinski definition) is 2. The third-order valence-corrected chi connectivity index (χ3v) is 8.36. The molecular weight excluding hydrogens is 499 g/mol. The summed E-state index contributed by atoms with van der Waals surface area (Å²) >= 11 is 21.7. The smallest absolute Gasteiger partial charge is 0.129 e. The molecule has 0 bridgehead atoms. The van der Waals surface area contributed by atoms with Gasteiger partial charge in [-0.05, 0) is 42.4 Å². The van der Waals surface area contributed by atoms with Crippen LogP contribution in [-0.2, 0) is 17.8 Å². The predicted molar refractivity (Wildman–Crippen MR) is 140 cm³/mol. The molecule has 0 saturated carbocycles. The second kappa shape index (κ2) is 10.1. The minimum atomic E-state index is -0.779. The molecule has 0 radical (unpaired) electrons. The highest BCUT2D eigenvalue weighted by Gasteiger charge is 2.49. The third-order valence-electron chi connectivity index (χ3n) is 6.29. The molecule has 2 heterocycles. The summed E-state index contributed by atoms with van der Waals surface area (Å²) in [4.78, 5) is 3.64. The summed E-state index contributed by atoms with van der Waals surface area (Å²) in [7, 11) is 3.95. The molecule has 3 aromatic rings. The molecule has 1 aliphatic heterocycles. The van der Waals surface area contributed by atoms with Gasteiger partial charge in [0.05, 0.1) is 6.20 Å². The van der Waals surface area contributed by atoms with E-state index >= 15 is 0 Å². The second-order valence-corrected chi connectivity index (χ2v) is 10.6. The molecule has 0 fully saturated rings. The van der Waals surface area contributed by atoms with Crippen LogP contribution in [0.25, 0.3) is 0 Å². The Morgan fingerprint density at radius 3 is 2.45 bits per heavy atom. The van der Waals surface area contributed by atoms with Gasteiger partial charge in [0.1, 0.15) is 10.7 Å². The van der Waals surface area contributed by atoms with Crippen molar-refractivity contribution in [2.45, 2.75) is 30.3 Å². The van der Waals surface area contributed by atoms with Gasteiger partial charge in [0.25, 0.3) is 0 Å². The molecular formula is C24H27Cl3N4OS. The number of aliphatic hydroxyl groups is 1. The zero-order chi connectivity index (χ0) is 23.8. The van der Waals surface area contributed by atoms with Gasteiger partial charge in [0, 0.05) is 59.5 Å². The number of H-pyrrole nitrogens is 1. The fraction of sp³-hybridized carbons (Fsp3) is 0.375. The first-order valence-corrected chi connectivity index (χ1v) is 13.0. The van der Waals surface area contributed by atoms with Gasteiger partial charge in [0.15, 0.2) is 0 Å². The molecule has 0 spiro atoms. The van der Waals surface area contributed by atoms with Crippen molar-refractivity contribution in [3.8, 4) is 0 Å². The summed E-state index contributed by atoms with van der Waals surface area (Å²) in [5.74, 6) is 0.869. The Kier molecular flexibility index (Phi) is 7.53. The molecule has 0 saturated heterocycles. The van der Waals surface area contributed by atoms with Gasteiger partial charge in [0.2, 0.25) is 0 Å². The van der Waals surface area contributed by atoms with Gasteiger partial charge >= 0.3 is 0 Å². The monoisotopic (exact) mass is 524 g/mol. The number of aromatic nitrogens is 2. The molecule has 4 rings (SSSR count). The van der Waals surface area contributed by atoms with Crippen LogP contribution < -0.4 is 4.90 Å². The number of anilines is 1. The number of hydrogen-bond acceptors (Lipinski definition) is 5. The number of aromatic amines is 1. The number of thioether (sulfide) groups is 1. The summed E-state index contributed by atoms with van der Waals surface area (Å²) in [6, 6.07) is 12.0. The fourth-order valence-corrected chi connectivity index (χ4v) is 7.30. The minimum Gasteiger partial charge on any atom is -0.396 e. The Labute approximate surface area is 214 Å². The van der Waals surface area contributed by atoms with Crippen molar-refractivity contribution in [2.24, 2.45) is 0 Å². The second-order valence-electron chi connectivity index (χ2n) is 8.39. The molecule has 176 valence electrons. The number of benzene rings is 2. The van der Waals surface area contributed by atoms with Crippen molar-refractivity contribution in [3.63, 3.8) is 0 Å². The standard InChI is InChI=1S/C24H27Cl3N4OS/c1-30(2)23-19(13-28-29-23)24(33-3,22-20(26)11-17(25)12-21(22)27)31-14-16-7-5-4-6-15(16)10-18(31)8-9-32/h4-7,11-13,18,32H,8-10,14H2,1-3H3,(H,28,29). The maximum absolute atomic E-state index is 9.98. The van der Waals surface area contributed by atoms with E-state index in [0.717, 1.165) is 23.4 Å². The maximum atomic E-state index is 9.98. The maximum Gasteiger partial charge on any atom is 0.129 e. The molecule has 5 nitrogen and oxygen atoms in total. The highest BCUT2D eigenvalue weighted by molar-refractivity contribution is 7.99. The van der Waals surface area contributed by atoms with E-state index in [0.29, 0.717) is 28.0 Å². The summed E-state index contributed by atoms with van der Waals surface area (Å²) < 4.78 is 0. The first-order valence-electron chi connectivity index (χ1n) is 10.7. The Morgan fingerprint density at radius 2 is 1.85 bits per heavy atom. The molecule has 1 aromatic heterocycles. The lowest BCUT2D eigenvalue weighted by molar-refractivity contribution is 0.0892. The van der Waals surface area contributed by atoms with Gasteiger partial charge in [-0.25, -0.2) is 0 Å². The van der Waals surface area contributed by atoms with E-state index in [1.54, 1.807) is 23.9 Å². The first-order chi connectivity index (χ1) is 15.8. The van der Waals surface area contributed by atoms with Crippen molar-refractivity contribution >= 4 is 52.4 Å². The van der Waals surface area contributed by atoms with Gasteiger partial charge in [-0.3, -0.25) is 10.00 Å². The Hall–Kier alpha value is -1.41. The van der Waals surface area contributed by atoms with Crippen LogP contribution in [-0.4, -0.2) is 53.2 Å². The quantitative estimate of drug-likeness (QED) is 0.408. The molecule has 0 aliphatic carbocycles. The van der Waals surface area contributed by atoms with Crippen LogP contribution in [0.2, 0.25) is 15.1 Å². The average Bonchev–Trinajstić information content (AvgIpc) is 3.27. The zero-order valence-electron chi connectivity index (χ0n) is 18.8. The van der Waals surface area contributed by atoms with Crippen LogP contribution >= 0.6 is 46.6 Å². The van der Waals surface area contributed by atoms with Gasteiger partial charge < -0.3 is 10.0 Å². The van der Waals surface area contributed by atoms with E-state index in [-0.39, 0.29) is 12.6 Å². The molecule has 1 aliphatic rings. The minimum absolute atomic E-state index is 0.0603. The van der Waals surface area contributed by atoms with Crippen LogP contribution in [0.15, 0.2) is 42.6 Å². The van der Waals surface area contributed by atoms with Gasteiger partial charge in [-0.15, -0.1) is 11.8 Å². The van der Waals surface area contributed by atoms with Crippen molar-refractivity contribution in [2.75, 3.05) is 31.9 Å². The van der Waals surface area contributed by atoms with E-state index in [9.17, 15) is 5.11 Å². The number of aliphatic hydroxyl groups excluding tert-OH is 1. The van der Waals surface area contributed by atoms with Crippen molar-refractivity contribution in [1.82, 2.24) is 15.1 Å². The van der Waals surface area contributed by atoms with E-state index in [4.69, 9.17) is 34.8 Å². The van der Waals surface area contributed by atoms with E-state index in [2.05, 4.69) is 45.6 Å². The number of fused-ring (bicyclic) bond motifs is 1. The van der Waals surface area contributed by atoms with Crippen LogP contribution in [0, 0.1) is 0 Å². The lowest BCUT2D eigenvalue weighted by Gasteiger charge is -2.50. The lowest BCUT2D eigenvalue weighted by atomic mass is 9.87. The molecule has 0 amide bonds. The average molecular weight is 526 g/mol. The highest BCUT2D eigenvalue weighted by atomic mass is 35.5. The van der Waals surface area contributed by atoms with Gasteiger partial charge in [-0.2, -0.15) is 5.10 Å². The number of nitrogens with one attached hydrogen (secondary N) is 1. The SMILES string of the molecule is CSC(c1cn[nH]c1N(C)C)(c1c(Cl)cc(Cl)cc1Cl)N1Cc2ccccc2CC1CCO. The Bertz CT molecular complexity index is 1120. The van der Waals surface area contributed by atoms with Crippen LogP contribution in [0.3, 0.4) is 0 Å². The molecule has 9 heteroatoms. The third kappa shape index (κ3) is 4.38. The molecule has 2 aromatic carbocycles. The Balaban J connectivity index is 2.03. The summed E-state index contributed by atoms with van der Waals surface area (Å²) in [5.41, 5.74) is 4.28. The lowest BCUT2D eigenvalue weighted by Crippen LogP contribution is -2.53. The highest BCUT2D eigenvalue weighted by Crippen LogP contribution is 2.54. The van der Waals surface area contributed by atoms with Crippen LogP contribution in [0.4, 0.5) is 5.82 Å². The van der Waals surface area contributed by atoms with E-state index < -0.39 is 4.87 Å². The summed E-state index contributed by atoms with van der Waals surface area (Å²) in [6.45, 7) is 0.761. The number of halogens is 3. The number of rotatable bonds is 7. The molecule has 33 heavy (non-hydrogen) atoms. The fourth-order valence-electron chi connectivity index (χ4n) is 4.86. The van der Waals surface area contributed by atoms with Crippen LogP contribution in [0.5, 0.6) is 0 Å². The zero-order valence-corrected chi connectivity index (χ0v) is 21.9. The molecule has 2 unspecified atom stereocenters. The Morgan fingerprint density at radius 1 is 1.18 bits per heavy atom. The topological polar surface area (TPSA) is 55.4 Å². The van der Waals surface area contributed by atoms with Gasteiger partial charge in [-0.1, -0.05) is 59.1 Å². The summed E-state index contributed by atoms with van der Waals surface area (Å²) in [6.07, 6.45) is 5.35. The molecule has 2 atom stereocenters. The predicted octanol–water partition coefficient (Wildman–Crippen LogP) is 5.81. The number of nitrogens with zero attached hydrogens (tertiary/aromatic N) is 3. The normalized spacial score (nSPS) is 18.1. The summed E-state index contributed by atoms with van der Waals surface area (Å²) in [5, 5.41) is 19.0. The van der Waals surface area contributed by atoms with Crippen LogP contribution in [0.1, 0.15) is 28.7 Å². The largest absolute Gasteiger partial charge is 0.396 e. The van der Waals surface area contributed by atoms with Crippen molar-refractivity contribution < 1.29 is 5.11 Å². The van der Waals surface area contributed by atoms with Crippen molar-refractivity contribution in [3.05, 3.63) is 79.9 Å². The molecule has 2 N–H and O–H groups in total.